The van der Waals surface area contributed by atoms with E-state index in [9.17, 15) is 8.42 Å². The highest BCUT2D eigenvalue weighted by atomic mass is 127. The minimum absolute atomic E-state index is 0. The van der Waals surface area contributed by atoms with Crippen molar-refractivity contribution in [3.8, 4) is 0 Å². The molecule has 0 amide bonds. The molecule has 0 aromatic carbocycles. The van der Waals surface area contributed by atoms with Crippen molar-refractivity contribution in [1.29, 1.82) is 0 Å². The lowest BCUT2D eigenvalue weighted by atomic mass is 10.2. The van der Waals surface area contributed by atoms with Crippen LogP contribution in [-0.2, 0) is 15.8 Å². The van der Waals surface area contributed by atoms with Gasteiger partial charge in [-0.2, -0.15) is 4.31 Å². The molecule has 28 heavy (non-hydrogen) atoms. The van der Waals surface area contributed by atoms with Crippen molar-refractivity contribution in [2.24, 2.45) is 4.99 Å². The Hall–Kier alpha value is -0.920. The number of nitrogens with one attached hydrogen (secondary N) is 1. The summed E-state index contributed by atoms with van der Waals surface area (Å²) in [7, 11) is 0.495. The predicted molar refractivity (Wildman–Crippen MR) is 121 cm³/mol. The van der Waals surface area contributed by atoms with Crippen molar-refractivity contribution < 1.29 is 12.9 Å². The van der Waals surface area contributed by atoms with Crippen LogP contribution >= 0.6 is 24.0 Å². The topological polar surface area (TPSA) is 94.3 Å². The summed E-state index contributed by atoms with van der Waals surface area (Å²) in [5.41, 5.74) is 0.431. The molecule has 1 aliphatic heterocycles. The van der Waals surface area contributed by atoms with E-state index >= 15 is 0 Å². The lowest BCUT2D eigenvalue weighted by Crippen LogP contribution is -2.54. The van der Waals surface area contributed by atoms with Gasteiger partial charge in [0.2, 0.25) is 10.0 Å². The smallest absolute Gasteiger partial charge is 0.220 e. The van der Waals surface area contributed by atoms with Crippen molar-refractivity contribution in [2.45, 2.75) is 32.1 Å². The van der Waals surface area contributed by atoms with Gasteiger partial charge in [-0.1, -0.05) is 12.1 Å². The molecule has 162 valence electrons. The number of nitrogens with zero attached hydrogens (tertiary/aromatic N) is 5. The number of sulfonamides is 1. The van der Waals surface area contributed by atoms with Crippen LogP contribution < -0.4 is 5.32 Å². The van der Waals surface area contributed by atoms with Gasteiger partial charge in [-0.25, -0.2) is 8.42 Å². The molecule has 1 N–H and O–H groups in total. The van der Waals surface area contributed by atoms with E-state index in [0.717, 1.165) is 25.5 Å². The first-order valence-corrected chi connectivity index (χ1v) is 11.0. The van der Waals surface area contributed by atoms with E-state index < -0.39 is 10.0 Å². The summed E-state index contributed by atoms with van der Waals surface area (Å²) in [6.45, 7) is 8.23. The molecule has 9 nitrogen and oxygen atoms in total. The van der Waals surface area contributed by atoms with Crippen molar-refractivity contribution in [3.63, 3.8) is 0 Å². The second kappa shape index (κ2) is 11.9. The molecule has 1 saturated heterocycles. The monoisotopic (exact) mass is 528 g/mol. The Morgan fingerprint density at radius 1 is 1.39 bits per heavy atom. The summed E-state index contributed by atoms with van der Waals surface area (Å²) >= 11 is 0. The fraction of sp³-hybridized carbons (Fsp3) is 0.765. The SMILES string of the molecule is CCC(C)N(C)CCNC(=NC)N1CCN(S(=O)(=O)Cc2ccon2)CC1.I. The summed E-state index contributed by atoms with van der Waals surface area (Å²) in [4.78, 5) is 8.76. The predicted octanol–water partition coefficient (Wildman–Crippen LogP) is 1.05. The first-order valence-electron chi connectivity index (χ1n) is 9.40. The molecule has 2 rings (SSSR count). The highest BCUT2D eigenvalue weighted by Gasteiger charge is 2.28. The van der Waals surface area contributed by atoms with Gasteiger partial charge in [0.05, 0.1) is 5.69 Å². The summed E-state index contributed by atoms with van der Waals surface area (Å²) in [5.74, 6) is 0.694. The number of hydrogen-bond donors (Lipinski definition) is 1. The molecule has 0 spiro atoms. The Labute approximate surface area is 185 Å². The standard InChI is InChI=1S/C17H32N6O3S.HI/c1-5-15(2)21(4)8-7-19-17(18-3)22-9-11-23(12-10-22)27(24,25)14-16-6-13-26-20-16;/h6,13,15H,5,7-12,14H2,1-4H3,(H,18,19);1H. The molecular weight excluding hydrogens is 495 g/mol. The number of piperazine rings is 1. The number of guanidine groups is 1. The van der Waals surface area contributed by atoms with Gasteiger partial charge in [0.25, 0.3) is 0 Å². The van der Waals surface area contributed by atoms with Crippen LogP contribution in [0.5, 0.6) is 0 Å². The van der Waals surface area contributed by atoms with Crippen LogP contribution in [0, 0.1) is 0 Å². The zero-order valence-corrected chi connectivity index (χ0v) is 20.3. The molecule has 1 unspecified atom stereocenters. The van der Waals surface area contributed by atoms with Gasteiger partial charge < -0.3 is 19.6 Å². The average Bonchev–Trinajstić information content (AvgIpc) is 3.16. The molecule has 1 fully saturated rings. The van der Waals surface area contributed by atoms with Crippen molar-refractivity contribution in [3.05, 3.63) is 18.0 Å². The molecular formula is C17H33IN6O3S. The highest BCUT2D eigenvalue weighted by molar-refractivity contribution is 14.0. The largest absolute Gasteiger partial charge is 0.364 e. The zero-order valence-electron chi connectivity index (χ0n) is 17.2. The Morgan fingerprint density at radius 2 is 2.07 bits per heavy atom. The number of likely N-dealkylation sites (N-methyl/N-ethyl adjacent to an activating group) is 1. The first kappa shape index (κ1) is 25.1. The van der Waals surface area contributed by atoms with E-state index in [2.05, 4.69) is 46.2 Å². The maximum atomic E-state index is 12.5. The number of halogens is 1. The molecule has 0 bridgehead atoms. The molecule has 2 heterocycles. The third kappa shape index (κ3) is 7.16. The van der Waals surface area contributed by atoms with Crippen LogP contribution in [0.25, 0.3) is 0 Å². The zero-order chi connectivity index (χ0) is 19.9. The van der Waals surface area contributed by atoms with E-state index in [1.54, 1.807) is 13.1 Å². The summed E-state index contributed by atoms with van der Waals surface area (Å²) < 4.78 is 31.3. The molecule has 1 aliphatic rings. The van der Waals surface area contributed by atoms with Crippen LogP contribution in [0.3, 0.4) is 0 Å². The summed E-state index contributed by atoms with van der Waals surface area (Å²) in [5, 5.41) is 7.08. The maximum absolute atomic E-state index is 12.5. The Kier molecular flexibility index (Phi) is 10.7. The number of hydrogen-bond acceptors (Lipinski definition) is 6. The minimum atomic E-state index is -3.39. The maximum Gasteiger partial charge on any atom is 0.220 e. The number of rotatable bonds is 8. The van der Waals surface area contributed by atoms with E-state index in [-0.39, 0.29) is 29.7 Å². The van der Waals surface area contributed by atoms with Gasteiger partial charge >= 0.3 is 0 Å². The highest BCUT2D eigenvalue weighted by Crippen LogP contribution is 2.12. The second-order valence-electron chi connectivity index (χ2n) is 6.84. The summed E-state index contributed by atoms with van der Waals surface area (Å²) in [6.07, 6.45) is 2.51. The third-order valence-electron chi connectivity index (χ3n) is 5.06. The number of aliphatic imine (C=N–C) groups is 1. The lowest BCUT2D eigenvalue weighted by Gasteiger charge is -2.36. The van der Waals surface area contributed by atoms with Gasteiger partial charge in [-0.05, 0) is 20.4 Å². The van der Waals surface area contributed by atoms with Crippen molar-refractivity contribution in [2.75, 3.05) is 53.4 Å². The molecule has 1 aromatic heterocycles. The Bertz CT molecular complexity index is 690. The third-order valence-corrected chi connectivity index (χ3v) is 6.87. The summed E-state index contributed by atoms with van der Waals surface area (Å²) in [6, 6.07) is 2.13. The van der Waals surface area contributed by atoms with Crippen LogP contribution in [0.1, 0.15) is 26.0 Å². The van der Waals surface area contributed by atoms with Crippen LogP contribution in [0.2, 0.25) is 0 Å². The molecule has 0 saturated carbocycles. The lowest BCUT2D eigenvalue weighted by molar-refractivity contribution is 0.246. The fourth-order valence-corrected chi connectivity index (χ4v) is 4.40. The van der Waals surface area contributed by atoms with Crippen LogP contribution in [0.4, 0.5) is 0 Å². The van der Waals surface area contributed by atoms with Gasteiger partial charge in [0, 0.05) is 58.4 Å². The quantitative estimate of drug-likeness (QED) is 0.306. The van der Waals surface area contributed by atoms with E-state index in [4.69, 9.17) is 4.52 Å². The normalized spacial score (nSPS) is 17.5. The molecule has 0 radical (unpaired) electrons. The average molecular weight is 528 g/mol. The molecule has 0 aliphatic carbocycles. The Morgan fingerprint density at radius 3 is 2.61 bits per heavy atom. The molecule has 11 heteroatoms. The van der Waals surface area contributed by atoms with Gasteiger partial charge in [-0.3, -0.25) is 4.99 Å². The van der Waals surface area contributed by atoms with Gasteiger partial charge in [0.1, 0.15) is 12.0 Å². The Balaban J connectivity index is 0.00000392. The molecule has 1 aromatic rings. The fourth-order valence-electron chi connectivity index (χ4n) is 2.98. The van der Waals surface area contributed by atoms with Crippen molar-refractivity contribution >= 4 is 40.0 Å². The van der Waals surface area contributed by atoms with Crippen molar-refractivity contribution in [1.82, 2.24) is 24.6 Å². The van der Waals surface area contributed by atoms with Crippen LogP contribution in [0.15, 0.2) is 21.8 Å². The molecule has 1 atom stereocenters. The first-order chi connectivity index (χ1) is 12.9. The van der Waals surface area contributed by atoms with E-state index in [0.29, 0.717) is 37.9 Å². The van der Waals surface area contributed by atoms with E-state index in [1.165, 1.54) is 10.6 Å². The van der Waals surface area contributed by atoms with Gasteiger partial charge in [-0.15, -0.1) is 24.0 Å². The van der Waals surface area contributed by atoms with Gasteiger partial charge in [0.15, 0.2) is 5.96 Å². The second-order valence-corrected chi connectivity index (χ2v) is 8.81. The van der Waals surface area contributed by atoms with Crippen LogP contribution in [-0.4, -0.2) is 93.0 Å². The minimum Gasteiger partial charge on any atom is -0.364 e. The number of aromatic nitrogens is 1. The van der Waals surface area contributed by atoms with E-state index in [1.807, 2.05) is 0 Å².